The Kier molecular flexibility index (Phi) is 7.10. The van der Waals surface area contributed by atoms with Gasteiger partial charge in [-0.15, -0.1) is 0 Å². The van der Waals surface area contributed by atoms with Gasteiger partial charge in [0.25, 0.3) is 0 Å². The van der Waals surface area contributed by atoms with E-state index in [1.54, 1.807) is 7.11 Å². The van der Waals surface area contributed by atoms with Crippen molar-refractivity contribution in [2.24, 2.45) is 0 Å². The van der Waals surface area contributed by atoms with E-state index in [1.165, 1.54) is 11.1 Å². The molecular weight excluding hydrogens is 454 g/mol. The molecule has 5 rings (SSSR count). The Labute approximate surface area is 214 Å². The standard InChI is InChI=1S/C30H37NO5/c1-4-26(33-3)28(32)15-19-36-30(28)17-20-35-29(30)16-18-34-27(29)23(2)31(21-24-11-7-5-8-12-24)22-25-13-9-6-10-14-25/h5-14,23,27,32H,1,15-22H2,2-3H3/t23-,27-,28-,29-,30-/m0/s1. The third kappa shape index (κ3) is 3.93. The van der Waals surface area contributed by atoms with Crippen LogP contribution in [0.3, 0.4) is 0 Å². The van der Waals surface area contributed by atoms with Gasteiger partial charge < -0.3 is 24.1 Å². The molecule has 6 nitrogen and oxygen atoms in total. The molecule has 0 radical (unpaired) electrons. The Hall–Kier alpha value is -2.44. The Bertz CT molecular complexity index is 1040. The largest absolute Gasteiger partial charge is 0.490 e. The van der Waals surface area contributed by atoms with E-state index in [1.807, 2.05) is 12.1 Å². The van der Waals surface area contributed by atoms with Crippen molar-refractivity contribution >= 4 is 0 Å². The molecular formula is C30H37NO5. The molecule has 36 heavy (non-hydrogen) atoms. The van der Waals surface area contributed by atoms with Crippen molar-refractivity contribution in [3.63, 3.8) is 0 Å². The quantitative estimate of drug-likeness (QED) is 0.441. The van der Waals surface area contributed by atoms with Gasteiger partial charge in [0.05, 0.1) is 26.9 Å². The van der Waals surface area contributed by atoms with E-state index < -0.39 is 16.8 Å². The maximum Gasteiger partial charge on any atom is 0.172 e. The first kappa shape index (κ1) is 25.2. The first-order valence-electron chi connectivity index (χ1n) is 12.9. The fraction of sp³-hybridized carbons (Fsp3) is 0.500. The van der Waals surface area contributed by atoms with Crippen LogP contribution >= 0.6 is 0 Å². The van der Waals surface area contributed by atoms with Gasteiger partial charge in [0, 0.05) is 38.4 Å². The van der Waals surface area contributed by atoms with Crippen molar-refractivity contribution in [2.75, 3.05) is 26.9 Å². The number of hydrogen-bond donors (Lipinski definition) is 1. The molecule has 0 bridgehead atoms. The molecule has 2 aromatic rings. The van der Waals surface area contributed by atoms with Gasteiger partial charge in [0.15, 0.2) is 11.4 Å². The van der Waals surface area contributed by atoms with Gasteiger partial charge in [0.1, 0.15) is 17.3 Å². The second kappa shape index (κ2) is 10.1. The molecule has 192 valence electrons. The van der Waals surface area contributed by atoms with Gasteiger partial charge in [-0.25, -0.2) is 0 Å². The highest BCUT2D eigenvalue weighted by molar-refractivity contribution is 5.31. The van der Waals surface area contributed by atoms with E-state index >= 15 is 0 Å². The molecule has 0 saturated carbocycles. The number of aliphatic hydroxyl groups is 1. The number of benzene rings is 2. The van der Waals surface area contributed by atoms with Gasteiger partial charge in [-0.05, 0) is 18.1 Å². The molecule has 2 aromatic carbocycles. The topological polar surface area (TPSA) is 60.4 Å². The summed E-state index contributed by atoms with van der Waals surface area (Å²) in [5.74, 6) is 0.314. The van der Waals surface area contributed by atoms with Crippen molar-refractivity contribution in [1.29, 1.82) is 0 Å². The molecule has 0 aromatic heterocycles. The molecule has 0 unspecified atom stereocenters. The van der Waals surface area contributed by atoms with Crippen molar-refractivity contribution in [1.82, 2.24) is 4.90 Å². The average Bonchev–Trinajstić information content (AvgIpc) is 3.60. The van der Waals surface area contributed by atoms with Crippen LogP contribution in [0.2, 0.25) is 0 Å². The monoisotopic (exact) mass is 491 g/mol. The van der Waals surface area contributed by atoms with Crippen LogP contribution in [-0.2, 0) is 32.0 Å². The predicted octanol–water partition coefficient (Wildman–Crippen LogP) is 4.23. The summed E-state index contributed by atoms with van der Waals surface area (Å²) in [4.78, 5) is 2.44. The first-order chi connectivity index (χ1) is 17.5. The molecule has 3 aliphatic heterocycles. The summed E-state index contributed by atoms with van der Waals surface area (Å²) in [5, 5.41) is 12.1. The summed E-state index contributed by atoms with van der Waals surface area (Å²) in [5.41, 5.74) is 2.12. The number of hydrogen-bond acceptors (Lipinski definition) is 6. The molecule has 2 spiro atoms. The van der Waals surface area contributed by atoms with Gasteiger partial charge in [0.2, 0.25) is 0 Å². The summed E-state index contributed by atoms with van der Waals surface area (Å²) in [6, 6.07) is 21.0. The molecule has 3 saturated heterocycles. The van der Waals surface area contributed by atoms with E-state index in [0.717, 1.165) is 13.1 Å². The highest BCUT2D eigenvalue weighted by Gasteiger charge is 2.76. The van der Waals surface area contributed by atoms with Crippen molar-refractivity contribution in [3.8, 4) is 0 Å². The Morgan fingerprint density at radius 2 is 1.61 bits per heavy atom. The molecule has 1 N–H and O–H groups in total. The lowest BCUT2D eigenvalue weighted by Gasteiger charge is -2.50. The molecule has 3 heterocycles. The number of ether oxygens (including phenoxy) is 4. The van der Waals surface area contributed by atoms with Crippen LogP contribution in [0.1, 0.15) is 37.3 Å². The van der Waals surface area contributed by atoms with Crippen molar-refractivity contribution < 1.29 is 24.1 Å². The van der Waals surface area contributed by atoms with Gasteiger partial charge >= 0.3 is 0 Å². The number of nitrogens with zero attached hydrogens (tertiary/aromatic N) is 1. The highest BCUT2D eigenvalue weighted by atomic mass is 16.6. The Morgan fingerprint density at radius 3 is 2.19 bits per heavy atom. The smallest absolute Gasteiger partial charge is 0.172 e. The van der Waals surface area contributed by atoms with Crippen molar-refractivity contribution in [3.05, 3.63) is 89.9 Å². The maximum absolute atomic E-state index is 12.1. The third-order valence-corrected chi connectivity index (χ3v) is 8.42. The Balaban J connectivity index is 1.52. The summed E-state index contributed by atoms with van der Waals surface area (Å²) >= 11 is 0. The number of rotatable bonds is 8. The fourth-order valence-electron chi connectivity index (χ4n) is 6.74. The minimum atomic E-state index is -1.38. The predicted molar refractivity (Wildman–Crippen MR) is 137 cm³/mol. The zero-order chi connectivity index (χ0) is 25.2. The van der Waals surface area contributed by atoms with Gasteiger partial charge in [-0.2, -0.15) is 0 Å². The minimum Gasteiger partial charge on any atom is -0.490 e. The minimum absolute atomic E-state index is 0.0185. The van der Waals surface area contributed by atoms with Crippen LogP contribution in [0.4, 0.5) is 0 Å². The number of methoxy groups -OCH3 is 1. The summed E-state index contributed by atoms with van der Waals surface area (Å²) < 4.78 is 25.2. The molecule has 3 aliphatic rings. The SMILES string of the molecule is C=C=C(OC)[C@@]1(O)CCO[C@@]12CCO[C@]21CCO[C@H]1[C@H](C)N(Cc1ccccc1)Cc1ccccc1. The second-order valence-electron chi connectivity index (χ2n) is 10.1. The van der Waals surface area contributed by atoms with Crippen LogP contribution in [0.15, 0.2) is 78.7 Å². The summed E-state index contributed by atoms with van der Waals surface area (Å²) in [6.07, 6.45) is 1.30. The normalized spacial score (nSPS) is 32.3. The zero-order valence-corrected chi connectivity index (χ0v) is 21.3. The molecule has 3 fully saturated rings. The van der Waals surface area contributed by atoms with Crippen molar-refractivity contribution in [2.45, 2.75) is 68.2 Å². The van der Waals surface area contributed by atoms with E-state index in [4.69, 9.17) is 18.9 Å². The molecule has 0 aliphatic carbocycles. The first-order valence-corrected chi connectivity index (χ1v) is 12.9. The van der Waals surface area contributed by atoms with E-state index in [2.05, 4.69) is 72.7 Å². The number of fused-ring (bicyclic) bond motifs is 1. The Morgan fingerprint density at radius 1 is 1.00 bits per heavy atom. The summed E-state index contributed by atoms with van der Waals surface area (Å²) in [6.45, 7) is 8.96. The van der Waals surface area contributed by atoms with E-state index in [0.29, 0.717) is 44.8 Å². The highest BCUT2D eigenvalue weighted by Crippen LogP contribution is 2.59. The molecule has 6 heteroatoms. The van der Waals surface area contributed by atoms with Crippen LogP contribution in [0.25, 0.3) is 0 Å². The second-order valence-corrected chi connectivity index (χ2v) is 10.1. The molecule has 5 atom stereocenters. The van der Waals surface area contributed by atoms with E-state index in [9.17, 15) is 5.11 Å². The van der Waals surface area contributed by atoms with Crippen LogP contribution in [0.5, 0.6) is 0 Å². The fourth-order valence-corrected chi connectivity index (χ4v) is 6.74. The van der Waals surface area contributed by atoms with Crippen LogP contribution in [0, 0.1) is 0 Å². The lowest BCUT2D eigenvalue weighted by atomic mass is 9.65. The lowest BCUT2D eigenvalue weighted by Crippen LogP contribution is -2.69. The van der Waals surface area contributed by atoms with E-state index in [-0.39, 0.29) is 12.1 Å². The average molecular weight is 492 g/mol. The molecule has 0 amide bonds. The van der Waals surface area contributed by atoms with Gasteiger partial charge in [-0.1, -0.05) is 73.0 Å². The lowest BCUT2D eigenvalue weighted by molar-refractivity contribution is -0.221. The summed E-state index contributed by atoms with van der Waals surface area (Å²) in [7, 11) is 1.55. The van der Waals surface area contributed by atoms with Crippen LogP contribution in [-0.4, -0.2) is 65.9 Å². The third-order valence-electron chi connectivity index (χ3n) is 8.42. The zero-order valence-electron chi connectivity index (χ0n) is 21.3. The van der Waals surface area contributed by atoms with Crippen LogP contribution < -0.4 is 0 Å². The van der Waals surface area contributed by atoms with Gasteiger partial charge in [-0.3, -0.25) is 4.90 Å². The maximum atomic E-state index is 12.1.